The topological polar surface area (TPSA) is 59.8 Å². The maximum atomic E-state index is 12.1. The van der Waals surface area contributed by atoms with Gasteiger partial charge in [-0.05, 0) is 31.0 Å². The van der Waals surface area contributed by atoms with Crippen molar-refractivity contribution in [3.05, 3.63) is 35.9 Å². The van der Waals surface area contributed by atoms with Gasteiger partial charge in [0.05, 0.1) is 12.2 Å². The van der Waals surface area contributed by atoms with Crippen LogP contribution in [-0.4, -0.2) is 27.2 Å². The van der Waals surface area contributed by atoms with E-state index < -0.39 is 0 Å². The van der Waals surface area contributed by atoms with Gasteiger partial charge in [-0.15, -0.1) is 0 Å². The Morgan fingerprint density at radius 3 is 3.11 bits per heavy atom. The average molecular weight is 256 g/mol. The number of carbonyl (C=O) groups is 1. The second-order valence-corrected chi connectivity index (χ2v) is 4.81. The smallest absolute Gasteiger partial charge is 0.270 e. The first-order valence-corrected chi connectivity index (χ1v) is 6.49. The Hall–Kier alpha value is -2.17. The molecule has 1 aliphatic rings. The molecule has 0 saturated carbocycles. The van der Waals surface area contributed by atoms with Crippen LogP contribution >= 0.6 is 0 Å². The number of amides is 1. The minimum absolute atomic E-state index is 0.0494. The third-order valence-electron chi connectivity index (χ3n) is 3.53. The summed E-state index contributed by atoms with van der Waals surface area (Å²) in [5.41, 5.74) is 3.45. The van der Waals surface area contributed by atoms with Crippen molar-refractivity contribution < 1.29 is 4.79 Å². The minimum atomic E-state index is -0.0494. The summed E-state index contributed by atoms with van der Waals surface area (Å²) in [4.78, 5) is 16.3. The first-order valence-electron chi connectivity index (χ1n) is 6.49. The number of hydrogen-bond acceptors (Lipinski definition) is 3. The second-order valence-electron chi connectivity index (χ2n) is 4.81. The zero-order valence-corrected chi connectivity index (χ0v) is 11.1. The molecule has 2 aromatic rings. The van der Waals surface area contributed by atoms with Crippen molar-refractivity contribution in [2.24, 2.45) is 0 Å². The monoisotopic (exact) mass is 256 g/mol. The standard InChI is InChI=1S/C14H16N4O/c1-3-11-7-16-14(19)13-12(8-17-18(11)13)10-4-5-15-9(2)6-10/h4-6,8,11H,3,7H2,1-2H3,(H,16,19). The van der Waals surface area contributed by atoms with Crippen LogP contribution < -0.4 is 5.32 Å². The van der Waals surface area contributed by atoms with Gasteiger partial charge in [-0.1, -0.05) is 6.92 Å². The minimum Gasteiger partial charge on any atom is -0.349 e. The number of hydrogen-bond donors (Lipinski definition) is 1. The molecule has 0 fully saturated rings. The van der Waals surface area contributed by atoms with Crippen molar-refractivity contribution in [3.63, 3.8) is 0 Å². The molecule has 0 aromatic carbocycles. The first-order chi connectivity index (χ1) is 9.20. The molecule has 0 saturated heterocycles. The number of nitrogens with one attached hydrogen (secondary N) is 1. The predicted molar refractivity (Wildman–Crippen MR) is 71.9 cm³/mol. The van der Waals surface area contributed by atoms with E-state index in [1.807, 2.05) is 23.7 Å². The van der Waals surface area contributed by atoms with E-state index >= 15 is 0 Å². The molecule has 1 N–H and O–H groups in total. The molecule has 1 aliphatic heterocycles. The highest BCUT2D eigenvalue weighted by Gasteiger charge is 2.28. The van der Waals surface area contributed by atoms with Gasteiger partial charge in [0.15, 0.2) is 0 Å². The van der Waals surface area contributed by atoms with Crippen LogP contribution in [0.25, 0.3) is 11.1 Å². The van der Waals surface area contributed by atoms with Gasteiger partial charge in [0.1, 0.15) is 5.69 Å². The molecule has 0 spiro atoms. The zero-order valence-electron chi connectivity index (χ0n) is 11.1. The van der Waals surface area contributed by atoms with Gasteiger partial charge in [-0.3, -0.25) is 14.5 Å². The molecule has 5 nitrogen and oxygen atoms in total. The van der Waals surface area contributed by atoms with Crippen LogP contribution in [0, 0.1) is 6.92 Å². The van der Waals surface area contributed by atoms with Gasteiger partial charge in [0.25, 0.3) is 5.91 Å². The number of fused-ring (bicyclic) bond motifs is 1. The van der Waals surface area contributed by atoms with Crippen molar-refractivity contribution in [2.75, 3.05) is 6.54 Å². The van der Waals surface area contributed by atoms with E-state index in [4.69, 9.17) is 0 Å². The maximum absolute atomic E-state index is 12.1. The number of carbonyl (C=O) groups excluding carboxylic acids is 1. The van der Waals surface area contributed by atoms with Crippen LogP contribution in [0.2, 0.25) is 0 Å². The molecule has 3 rings (SSSR count). The van der Waals surface area contributed by atoms with Crippen molar-refractivity contribution in [3.8, 4) is 11.1 Å². The highest BCUT2D eigenvalue weighted by atomic mass is 16.2. The lowest BCUT2D eigenvalue weighted by Crippen LogP contribution is -2.39. The number of rotatable bonds is 2. The molecule has 3 heterocycles. The highest BCUT2D eigenvalue weighted by Crippen LogP contribution is 2.28. The summed E-state index contributed by atoms with van der Waals surface area (Å²) in [6.45, 7) is 4.69. The largest absolute Gasteiger partial charge is 0.349 e. The molecule has 2 aromatic heterocycles. The lowest BCUT2D eigenvalue weighted by molar-refractivity contribution is 0.0909. The Kier molecular flexibility index (Phi) is 2.81. The SMILES string of the molecule is CCC1CNC(=O)c2c(-c3ccnc(C)c3)cnn21. The maximum Gasteiger partial charge on any atom is 0.270 e. The fraction of sp³-hybridized carbons (Fsp3) is 0.357. The molecule has 1 atom stereocenters. The van der Waals surface area contributed by atoms with Crippen molar-refractivity contribution in [2.45, 2.75) is 26.3 Å². The summed E-state index contributed by atoms with van der Waals surface area (Å²) in [6, 6.07) is 4.12. The second kappa shape index (κ2) is 4.50. The first kappa shape index (κ1) is 11.9. The van der Waals surface area contributed by atoms with E-state index in [0.717, 1.165) is 23.2 Å². The number of pyridine rings is 1. The van der Waals surface area contributed by atoms with Gasteiger partial charge in [-0.2, -0.15) is 5.10 Å². The van der Waals surface area contributed by atoms with E-state index in [2.05, 4.69) is 22.3 Å². The normalized spacial score (nSPS) is 18.0. The average Bonchev–Trinajstić information content (AvgIpc) is 2.85. The zero-order chi connectivity index (χ0) is 13.4. The third kappa shape index (κ3) is 1.91. The van der Waals surface area contributed by atoms with Crippen molar-refractivity contribution >= 4 is 5.91 Å². The van der Waals surface area contributed by atoms with E-state index in [0.29, 0.717) is 12.2 Å². The van der Waals surface area contributed by atoms with E-state index in [9.17, 15) is 4.79 Å². The van der Waals surface area contributed by atoms with Gasteiger partial charge in [0.2, 0.25) is 0 Å². The summed E-state index contributed by atoms with van der Waals surface area (Å²) in [7, 11) is 0. The molecule has 0 bridgehead atoms. The van der Waals surface area contributed by atoms with Gasteiger partial charge < -0.3 is 5.32 Å². The van der Waals surface area contributed by atoms with Crippen LogP contribution in [0.4, 0.5) is 0 Å². The fourth-order valence-electron chi connectivity index (χ4n) is 2.49. The number of aromatic nitrogens is 3. The third-order valence-corrected chi connectivity index (χ3v) is 3.53. The molecule has 1 amide bonds. The molecule has 98 valence electrons. The van der Waals surface area contributed by atoms with Crippen LogP contribution in [0.3, 0.4) is 0 Å². The van der Waals surface area contributed by atoms with E-state index in [1.54, 1.807) is 12.4 Å². The number of aryl methyl sites for hydroxylation is 1. The Labute approximate surface area is 111 Å². The lowest BCUT2D eigenvalue weighted by Gasteiger charge is -2.24. The van der Waals surface area contributed by atoms with Crippen LogP contribution in [0.5, 0.6) is 0 Å². The summed E-state index contributed by atoms with van der Waals surface area (Å²) < 4.78 is 1.85. The predicted octanol–water partition coefficient (Wildman–Crippen LogP) is 1.95. The van der Waals surface area contributed by atoms with Gasteiger partial charge in [0, 0.05) is 24.0 Å². The Bertz CT molecular complexity index is 632. The molecule has 0 radical (unpaired) electrons. The Morgan fingerprint density at radius 2 is 2.37 bits per heavy atom. The van der Waals surface area contributed by atoms with Crippen LogP contribution in [0.15, 0.2) is 24.5 Å². The molecule has 19 heavy (non-hydrogen) atoms. The van der Waals surface area contributed by atoms with Crippen molar-refractivity contribution in [1.29, 1.82) is 0 Å². The van der Waals surface area contributed by atoms with Gasteiger partial charge in [-0.25, -0.2) is 0 Å². The van der Waals surface area contributed by atoms with E-state index in [-0.39, 0.29) is 11.9 Å². The van der Waals surface area contributed by atoms with Crippen LogP contribution in [-0.2, 0) is 0 Å². The Balaban J connectivity index is 2.14. The van der Waals surface area contributed by atoms with Crippen molar-refractivity contribution in [1.82, 2.24) is 20.1 Å². The summed E-state index contributed by atoms with van der Waals surface area (Å²) in [5.74, 6) is -0.0494. The Morgan fingerprint density at radius 1 is 1.53 bits per heavy atom. The quantitative estimate of drug-likeness (QED) is 0.893. The fourth-order valence-corrected chi connectivity index (χ4v) is 2.49. The molecule has 1 unspecified atom stereocenters. The lowest BCUT2D eigenvalue weighted by atomic mass is 10.0. The molecular formula is C14H16N4O. The molecule has 0 aliphatic carbocycles. The van der Waals surface area contributed by atoms with E-state index in [1.165, 1.54) is 0 Å². The summed E-state index contributed by atoms with van der Waals surface area (Å²) in [5, 5.41) is 7.34. The summed E-state index contributed by atoms with van der Waals surface area (Å²) in [6.07, 6.45) is 4.48. The highest BCUT2D eigenvalue weighted by molar-refractivity contribution is 5.99. The summed E-state index contributed by atoms with van der Waals surface area (Å²) >= 11 is 0. The van der Waals surface area contributed by atoms with Crippen LogP contribution in [0.1, 0.15) is 35.6 Å². The molecule has 5 heteroatoms. The van der Waals surface area contributed by atoms with Gasteiger partial charge >= 0.3 is 0 Å². The molecular weight excluding hydrogens is 240 g/mol. The number of nitrogens with zero attached hydrogens (tertiary/aromatic N) is 3.